The van der Waals surface area contributed by atoms with Crippen LogP contribution < -0.4 is 5.32 Å². The van der Waals surface area contributed by atoms with Crippen molar-refractivity contribution in [3.05, 3.63) is 20.8 Å². The van der Waals surface area contributed by atoms with Gasteiger partial charge in [-0.3, -0.25) is 4.79 Å². The highest BCUT2D eigenvalue weighted by Crippen LogP contribution is 2.22. The van der Waals surface area contributed by atoms with E-state index in [9.17, 15) is 9.59 Å². The molecule has 1 rings (SSSR count). The van der Waals surface area contributed by atoms with Gasteiger partial charge in [-0.1, -0.05) is 6.92 Å². The van der Waals surface area contributed by atoms with E-state index in [1.807, 2.05) is 12.1 Å². The Balaban J connectivity index is 2.28. The summed E-state index contributed by atoms with van der Waals surface area (Å²) < 4.78 is 1.07. The molecule has 2 N–H and O–H groups in total. The van der Waals surface area contributed by atoms with Crippen molar-refractivity contribution in [2.24, 2.45) is 5.92 Å². The summed E-state index contributed by atoms with van der Waals surface area (Å²) in [5.74, 6) is -1.47. The zero-order chi connectivity index (χ0) is 14.4. The summed E-state index contributed by atoms with van der Waals surface area (Å²) in [5.41, 5.74) is 0. The normalized spacial score (nSPS) is 11.9. The molecule has 0 spiro atoms. The van der Waals surface area contributed by atoms with Crippen molar-refractivity contribution in [1.29, 1.82) is 0 Å². The van der Waals surface area contributed by atoms with Crippen LogP contribution in [0.5, 0.6) is 0 Å². The second-order valence-corrected chi connectivity index (χ2v) is 6.86. The van der Waals surface area contributed by atoms with Gasteiger partial charge in [0.2, 0.25) is 0 Å². The summed E-state index contributed by atoms with van der Waals surface area (Å²) in [6.07, 6.45) is 0.768. The molecule has 0 aromatic carbocycles. The van der Waals surface area contributed by atoms with Crippen LogP contribution in [0.2, 0.25) is 0 Å². The van der Waals surface area contributed by atoms with E-state index >= 15 is 0 Å². The molecule has 19 heavy (non-hydrogen) atoms. The maximum atomic E-state index is 11.7. The summed E-state index contributed by atoms with van der Waals surface area (Å²) in [5, 5.41) is 11.5. The lowest BCUT2D eigenvalue weighted by atomic mass is 10.2. The lowest BCUT2D eigenvalue weighted by Gasteiger charge is -2.19. The number of nitrogens with zero attached hydrogens (tertiary/aromatic N) is 1. The van der Waals surface area contributed by atoms with Gasteiger partial charge in [-0.2, -0.15) is 0 Å². The van der Waals surface area contributed by atoms with E-state index in [1.54, 1.807) is 25.3 Å². The summed E-state index contributed by atoms with van der Waals surface area (Å²) in [7, 11) is 1.59. The van der Waals surface area contributed by atoms with Gasteiger partial charge in [0, 0.05) is 25.0 Å². The van der Waals surface area contributed by atoms with E-state index in [4.69, 9.17) is 5.11 Å². The van der Waals surface area contributed by atoms with Crippen molar-refractivity contribution < 1.29 is 14.7 Å². The van der Waals surface area contributed by atoms with Crippen LogP contribution in [0.1, 0.15) is 11.8 Å². The molecule has 0 radical (unpaired) electrons. The SMILES string of the molecule is CC(CN(C)C(=O)NCCc1ccc(Br)s1)C(=O)O. The Hall–Kier alpha value is -1.08. The maximum Gasteiger partial charge on any atom is 0.317 e. The summed E-state index contributed by atoms with van der Waals surface area (Å²) in [6.45, 7) is 2.32. The van der Waals surface area contributed by atoms with Crippen LogP contribution in [0.3, 0.4) is 0 Å². The number of hydrogen-bond acceptors (Lipinski definition) is 3. The minimum atomic E-state index is -0.900. The second-order valence-electron chi connectivity index (χ2n) is 4.31. The molecule has 1 heterocycles. The zero-order valence-electron chi connectivity index (χ0n) is 10.9. The van der Waals surface area contributed by atoms with Crippen LogP contribution in [0.4, 0.5) is 4.79 Å². The number of carboxylic acids is 1. The number of carbonyl (C=O) groups is 2. The molecule has 0 aliphatic heterocycles. The van der Waals surface area contributed by atoms with E-state index in [2.05, 4.69) is 21.2 Å². The fourth-order valence-corrected chi connectivity index (χ4v) is 2.97. The Morgan fingerprint density at radius 2 is 2.21 bits per heavy atom. The van der Waals surface area contributed by atoms with Gasteiger partial charge in [-0.15, -0.1) is 11.3 Å². The number of rotatable bonds is 6. The maximum absolute atomic E-state index is 11.7. The number of carboxylic acid groups (broad SMARTS) is 1. The predicted molar refractivity (Wildman–Crippen MR) is 78.6 cm³/mol. The molecule has 0 saturated heterocycles. The van der Waals surface area contributed by atoms with Crippen molar-refractivity contribution in [2.45, 2.75) is 13.3 Å². The smallest absolute Gasteiger partial charge is 0.317 e. The molecule has 1 unspecified atom stereocenters. The van der Waals surface area contributed by atoms with Gasteiger partial charge in [-0.25, -0.2) is 4.79 Å². The third-order valence-corrected chi connectivity index (χ3v) is 4.28. The Kier molecular flexibility index (Phi) is 6.30. The number of nitrogens with one attached hydrogen (secondary N) is 1. The van der Waals surface area contributed by atoms with Crippen LogP contribution in [-0.4, -0.2) is 42.1 Å². The minimum Gasteiger partial charge on any atom is -0.481 e. The Morgan fingerprint density at radius 1 is 1.53 bits per heavy atom. The van der Waals surface area contributed by atoms with E-state index < -0.39 is 11.9 Å². The fraction of sp³-hybridized carbons (Fsp3) is 0.500. The summed E-state index contributed by atoms with van der Waals surface area (Å²) >= 11 is 5.02. The molecule has 0 aliphatic rings. The van der Waals surface area contributed by atoms with Gasteiger partial charge in [-0.05, 0) is 34.5 Å². The van der Waals surface area contributed by atoms with Gasteiger partial charge in [0.25, 0.3) is 0 Å². The Morgan fingerprint density at radius 3 is 2.74 bits per heavy atom. The third-order valence-electron chi connectivity index (χ3n) is 2.59. The van der Waals surface area contributed by atoms with Crippen molar-refractivity contribution in [3.8, 4) is 0 Å². The Labute approximate surface area is 124 Å². The number of urea groups is 1. The number of halogens is 1. The monoisotopic (exact) mass is 348 g/mol. The number of carbonyl (C=O) groups excluding carboxylic acids is 1. The minimum absolute atomic E-state index is 0.200. The molecule has 1 aromatic rings. The van der Waals surface area contributed by atoms with Crippen LogP contribution in [0.25, 0.3) is 0 Å². The predicted octanol–water partition coefficient (Wildman–Crippen LogP) is 2.42. The van der Waals surface area contributed by atoms with Crippen LogP contribution in [0.15, 0.2) is 15.9 Å². The van der Waals surface area contributed by atoms with Crippen molar-refractivity contribution >= 4 is 39.3 Å². The molecule has 0 aliphatic carbocycles. The van der Waals surface area contributed by atoms with E-state index in [1.165, 1.54) is 9.78 Å². The molecule has 1 aromatic heterocycles. The highest BCUT2D eigenvalue weighted by atomic mass is 79.9. The first-order valence-corrected chi connectivity index (χ1v) is 7.47. The first-order chi connectivity index (χ1) is 8.90. The third kappa shape index (κ3) is 5.61. The molecule has 0 fully saturated rings. The molecular formula is C12H17BrN2O3S. The molecular weight excluding hydrogens is 332 g/mol. The van der Waals surface area contributed by atoms with Gasteiger partial charge in [0.05, 0.1) is 9.70 Å². The molecule has 1 atom stereocenters. The fourth-order valence-electron chi connectivity index (χ4n) is 1.49. The standard InChI is InChI=1S/C12H17BrN2O3S/c1-8(11(16)17)7-15(2)12(18)14-6-5-9-3-4-10(13)19-9/h3-4,8H,5-7H2,1-2H3,(H,14,18)(H,16,17). The molecule has 0 saturated carbocycles. The average molecular weight is 349 g/mol. The molecule has 106 valence electrons. The molecule has 2 amide bonds. The lowest BCUT2D eigenvalue weighted by Crippen LogP contribution is -2.41. The zero-order valence-corrected chi connectivity index (χ0v) is 13.3. The molecule has 0 bridgehead atoms. The second kappa shape index (κ2) is 7.49. The number of thiophene rings is 1. The van der Waals surface area contributed by atoms with E-state index in [0.717, 1.165) is 10.2 Å². The van der Waals surface area contributed by atoms with Crippen LogP contribution in [-0.2, 0) is 11.2 Å². The average Bonchev–Trinajstić information content (AvgIpc) is 2.74. The number of hydrogen-bond donors (Lipinski definition) is 2. The number of amides is 2. The number of aliphatic carboxylic acids is 1. The summed E-state index contributed by atoms with van der Waals surface area (Å²) in [6, 6.07) is 3.74. The highest BCUT2D eigenvalue weighted by Gasteiger charge is 2.16. The van der Waals surface area contributed by atoms with E-state index in [-0.39, 0.29) is 12.6 Å². The van der Waals surface area contributed by atoms with Crippen LogP contribution in [0, 0.1) is 5.92 Å². The van der Waals surface area contributed by atoms with E-state index in [0.29, 0.717) is 6.54 Å². The first-order valence-electron chi connectivity index (χ1n) is 5.86. The molecule has 7 heteroatoms. The van der Waals surface area contributed by atoms with Gasteiger partial charge >= 0.3 is 12.0 Å². The Bertz CT molecular complexity index is 450. The molecule has 5 nitrogen and oxygen atoms in total. The van der Waals surface area contributed by atoms with Gasteiger partial charge in [0.15, 0.2) is 0 Å². The van der Waals surface area contributed by atoms with Crippen molar-refractivity contribution in [2.75, 3.05) is 20.1 Å². The first kappa shape index (κ1) is 16.0. The van der Waals surface area contributed by atoms with Crippen molar-refractivity contribution in [1.82, 2.24) is 10.2 Å². The van der Waals surface area contributed by atoms with Gasteiger partial charge in [0.1, 0.15) is 0 Å². The van der Waals surface area contributed by atoms with Gasteiger partial charge < -0.3 is 15.3 Å². The topological polar surface area (TPSA) is 69.6 Å². The summed E-state index contributed by atoms with van der Waals surface area (Å²) in [4.78, 5) is 25.0. The van der Waals surface area contributed by atoms with Crippen LogP contribution >= 0.6 is 27.3 Å². The van der Waals surface area contributed by atoms with Crippen molar-refractivity contribution in [3.63, 3.8) is 0 Å². The highest BCUT2D eigenvalue weighted by molar-refractivity contribution is 9.11. The lowest BCUT2D eigenvalue weighted by molar-refractivity contribution is -0.141. The largest absolute Gasteiger partial charge is 0.481 e. The quantitative estimate of drug-likeness (QED) is 0.829.